The third kappa shape index (κ3) is 7.19. The van der Waals surface area contributed by atoms with Gasteiger partial charge in [0.25, 0.3) is 0 Å². The number of rotatable bonds is 9. The third-order valence-electron chi connectivity index (χ3n) is 4.10. The Bertz CT molecular complexity index is 799. The molecule has 7 nitrogen and oxygen atoms in total. The van der Waals surface area contributed by atoms with Crippen molar-refractivity contribution in [3.8, 4) is 23.0 Å². The molecule has 0 aliphatic heterocycles. The molecule has 0 unspecified atom stereocenters. The molecule has 0 bridgehead atoms. The van der Waals surface area contributed by atoms with E-state index in [1.54, 1.807) is 28.4 Å². The van der Waals surface area contributed by atoms with Crippen molar-refractivity contribution in [3.63, 3.8) is 0 Å². The largest absolute Gasteiger partial charge is 0.493 e. The van der Waals surface area contributed by atoms with Crippen LogP contribution in [0.15, 0.2) is 41.4 Å². The molecule has 0 saturated heterocycles. The van der Waals surface area contributed by atoms with Gasteiger partial charge in [0, 0.05) is 25.3 Å². The molecule has 2 aromatic rings. The normalized spacial score (nSPS) is 10.6. The quantitative estimate of drug-likeness (QED) is 0.299. The van der Waals surface area contributed by atoms with E-state index in [9.17, 15) is 0 Å². The molecule has 0 radical (unpaired) electrons. The second-order valence-corrected chi connectivity index (χ2v) is 5.86. The minimum Gasteiger partial charge on any atom is -0.493 e. The van der Waals surface area contributed by atoms with E-state index in [1.807, 2.05) is 43.3 Å². The summed E-state index contributed by atoms with van der Waals surface area (Å²) >= 11 is 0. The molecule has 29 heavy (non-hydrogen) atoms. The fourth-order valence-corrected chi connectivity index (χ4v) is 2.70. The molecule has 0 fully saturated rings. The van der Waals surface area contributed by atoms with Crippen LogP contribution in [0.25, 0.3) is 0 Å². The van der Waals surface area contributed by atoms with E-state index in [2.05, 4.69) is 15.6 Å². The number of ether oxygens (including phenoxy) is 4. The zero-order chi connectivity index (χ0) is 20.4. The van der Waals surface area contributed by atoms with Gasteiger partial charge in [-0.3, -0.25) is 4.99 Å². The summed E-state index contributed by atoms with van der Waals surface area (Å²) in [6, 6.07) is 11.6. The van der Waals surface area contributed by atoms with E-state index in [4.69, 9.17) is 18.9 Å². The van der Waals surface area contributed by atoms with E-state index in [0.717, 1.165) is 29.2 Å². The lowest BCUT2D eigenvalue weighted by Gasteiger charge is -2.15. The average Bonchev–Trinajstić information content (AvgIpc) is 2.73. The summed E-state index contributed by atoms with van der Waals surface area (Å²) in [5.74, 6) is 3.51. The van der Waals surface area contributed by atoms with E-state index in [-0.39, 0.29) is 24.0 Å². The molecule has 0 saturated carbocycles. The Labute approximate surface area is 189 Å². The van der Waals surface area contributed by atoms with Gasteiger partial charge in [-0.15, -0.1) is 24.0 Å². The third-order valence-corrected chi connectivity index (χ3v) is 4.10. The second-order valence-electron chi connectivity index (χ2n) is 5.86. The smallest absolute Gasteiger partial charge is 0.195 e. The molecular weight excluding hydrogens is 485 g/mol. The van der Waals surface area contributed by atoms with Crippen LogP contribution in [0.3, 0.4) is 0 Å². The lowest BCUT2D eigenvalue weighted by Crippen LogP contribution is -2.32. The molecule has 0 spiro atoms. The zero-order valence-corrected chi connectivity index (χ0v) is 19.9. The SMILES string of the molecule is CCOc1ccc(NC(=NC)NCCc2ccc(OC)c(OC)c2)cc1OC.I. The van der Waals surface area contributed by atoms with Gasteiger partial charge in [-0.25, -0.2) is 0 Å². The average molecular weight is 515 g/mol. The van der Waals surface area contributed by atoms with Gasteiger partial charge in [0.1, 0.15) is 0 Å². The van der Waals surface area contributed by atoms with Crippen LogP contribution in [-0.4, -0.2) is 47.5 Å². The Morgan fingerprint density at radius 1 is 0.897 bits per heavy atom. The van der Waals surface area contributed by atoms with Gasteiger partial charge in [0.15, 0.2) is 29.0 Å². The summed E-state index contributed by atoms with van der Waals surface area (Å²) in [4.78, 5) is 4.27. The van der Waals surface area contributed by atoms with E-state index in [0.29, 0.717) is 30.6 Å². The second kappa shape index (κ2) is 13.0. The molecule has 0 aliphatic carbocycles. The van der Waals surface area contributed by atoms with Crippen molar-refractivity contribution in [2.45, 2.75) is 13.3 Å². The van der Waals surface area contributed by atoms with Crippen molar-refractivity contribution in [1.29, 1.82) is 0 Å². The summed E-state index contributed by atoms with van der Waals surface area (Å²) in [6.07, 6.45) is 0.813. The standard InChI is InChI=1S/C21H29N3O4.HI/c1-6-28-18-10-8-16(14-20(18)27-5)24-21(22-2)23-12-11-15-7-9-17(25-3)19(13-15)26-4;/h7-10,13-14H,6,11-12H2,1-5H3,(H2,22,23,24);1H. The van der Waals surface area contributed by atoms with Crippen molar-refractivity contribution < 1.29 is 18.9 Å². The summed E-state index contributed by atoms with van der Waals surface area (Å²) in [7, 11) is 6.62. The molecule has 160 valence electrons. The number of halogens is 1. The highest BCUT2D eigenvalue weighted by Crippen LogP contribution is 2.30. The van der Waals surface area contributed by atoms with Crippen molar-refractivity contribution in [2.24, 2.45) is 4.99 Å². The van der Waals surface area contributed by atoms with E-state index >= 15 is 0 Å². The highest BCUT2D eigenvalue weighted by molar-refractivity contribution is 14.0. The van der Waals surface area contributed by atoms with Gasteiger partial charge >= 0.3 is 0 Å². The van der Waals surface area contributed by atoms with Crippen molar-refractivity contribution in [2.75, 3.05) is 46.8 Å². The van der Waals surface area contributed by atoms with Crippen LogP contribution in [0.5, 0.6) is 23.0 Å². The first-order valence-electron chi connectivity index (χ1n) is 9.14. The summed E-state index contributed by atoms with van der Waals surface area (Å²) in [6.45, 7) is 3.24. The number of guanidine groups is 1. The molecule has 2 rings (SSSR count). The minimum absolute atomic E-state index is 0. The lowest BCUT2D eigenvalue weighted by molar-refractivity contribution is 0.311. The number of methoxy groups -OCH3 is 3. The monoisotopic (exact) mass is 515 g/mol. The molecular formula is C21H30IN3O4. The fraction of sp³-hybridized carbons (Fsp3) is 0.381. The number of nitrogens with zero attached hydrogens (tertiary/aromatic N) is 1. The van der Waals surface area contributed by atoms with Crippen molar-refractivity contribution in [1.82, 2.24) is 5.32 Å². The van der Waals surface area contributed by atoms with Crippen LogP contribution < -0.4 is 29.6 Å². The molecule has 2 N–H and O–H groups in total. The maximum Gasteiger partial charge on any atom is 0.195 e. The Morgan fingerprint density at radius 2 is 1.55 bits per heavy atom. The molecule has 2 aromatic carbocycles. The van der Waals surface area contributed by atoms with Crippen molar-refractivity contribution >= 4 is 35.6 Å². The van der Waals surface area contributed by atoms with Crippen molar-refractivity contribution in [3.05, 3.63) is 42.0 Å². The topological polar surface area (TPSA) is 73.3 Å². The van der Waals surface area contributed by atoms with Crippen LogP contribution >= 0.6 is 24.0 Å². The Kier molecular flexibility index (Phi) is 11.0. The predicted molar refractivity (Wildman–Crippen MR) is 128 cm³/mol. The molecule has 0 heterocycles. The van der Waals surface area contributed by atoms with Crippen LogP contribution in [0.4, 0.5) is 5.69 Å². The molecule has 0 aromatic heterocycles. The predicted octanol–water partition coefficient (Wildman–Crippen LogP) is 3.96. The first-order chi connectivity index (χ1) is 13.6. The van der Waals surface area contributed by atoms with Crippen LogP contribution in [0, 0.1) is 0 Å². The molecule has 0 aliphatic rings. The summed E-state index contributed by atoms with van der Waals surface area (Å²) in [5.41, 5.74) is 2.00. The maximum absolute atomic E-state index is 5.55. The number of hydrogen-bond acceptors (Lipinski definition) is 5. The van der Waals surface area contributed by atoms with Gasteiger partial charge in [-0.2, -0.15) is 0 Å². The lowest BCUT2D eigenvalue weighted by atomic mass is 10.1. The summed E-state index contributed by atoms with van der Waals surface area (Å²) < 4.78 is 21.6. The fourth-order valence-electron chi connectivity index (χ4n) is 2.70. The van der Waals surface area contributed by atoms with Gasteiger partial charge in [0.2, 0.25) is 0 Å². The Balaban J connectivity index is 0.00000420. The maximum atomic E-state index is 5.55. The number of aliphatic imine (C=N–C) groups is 1. The van der Waals surface area contributed by atoms with Gasteiger partial charge in [0.05, 0.1) is 27.9 Å². The van der Waals surface area contributed by atoms with E-state index < -0.39 is 0 Å². The first-order valence-corrected chi connectivity index (χ1v) is 9.14. The highest BCUT2D eigenvalue weighted by Gasteiger charge is 2.08. The first kappa shape index (κ1) is 24.7. The minimum atomic E-state index is 0. The molecule has 8 heteroatoms. The van der Waals surface area contributed by atoms with Crippen LogP contribution in [-0.2, 0) is 6.42 Å². The van der Waals surface area contributed by atoms with Gasteiger partial charge in [-0.1, -0.05) is 6.07 Å². The number of benzene rings is 2. The van der Waals surface area contributed by atoms with Gasteiger partial charge in [-0.05, 0) is 43.2 Å². The van der Waals surface area contributed by atoms with Crippen LogP contribution in [0.2, 0.25) is 0 Å². The number of anilines is 1. The molecule has 0 atom stereocenters. The highest BCUT2D eigenvalue weighted by atomic mass is 127. The summed E-state index contributed by atoms with van der Waals surface area (Å²) in [5, 5.41) is 6.56. The van der Waals surface area contributed by atoms with Gasteiger partial charge < -0.3 is 29.6 Å². The number of hydrogen-bond donors (Lipinski definition) is 2. The Morgan fingerprint density at radius 3 is 2.17 bits per heavy atom. The van der Waals surface area contributed by atoms with E-state index in [1.165, 1.54) is 0 Å². The Hall–Kier alpha value is -2.36. The molecule has 0 amide bonds. The zero-order valence-electron chi connectivity index (χ0n) is 17.6. The number of nitrogens with one attached hydrogen (secondary N) is 2. The van der Waals surface area contributed by atoms with Crippen LogP contribution in [0.1, 0.15) is 12.5 Å².